The van der Waals surface area contributed by atoms with Gasteiger partial charge < -0.3 is 14.7 Å². The summed E-state index contributed by atoms with van der Waals surface area (Å²) < 4.78 is 0. The standard InChI is InChI=1S/C66H54BN3/c1-43-19-16-20-44(2)64(43)68(55-35-31-52(32-36-55)49-25-10-7-11-26-49)56-41-61-63-62(42-56)70(66-47(5)23-18-24-48(66)6)60-38-34-54(51-29-14-9-15-30-51)40-58(60)67(63)57-39-53(50-27-12-8-13-28-50)33-37-59(57)69(61)65-45(3)21-17-22-46(65)4/h7-42H,1-6H3. The molecule has 0 saturated carbocycles. The van der Waals surface area contributed by atoms with E-state index in [2.05, 4.69) is 275 Å². The largest absolute Gasteiger partial charge is 0.311 e. The highest BCUT2D eigenvalue weighted by molar-refractivity contribution is 7.00. The highest BCUT2D eigenvalue weighted by atomic mass is 15.2. The third kappa shape index (κ3) is 7.13. The molecule has 0 aliphatic carbocycles. The Morgan fingerprint density at radius 1 is 0.300 bits per heavy atom. The van der Waals surface area contributed by atoms with Crippen molar-refractivity contribution in [2.24, 2.45) is 0 Å². The summed E-state index contributed by atoms with van der Waals surface area (Å²) >= 11 is 0. The second kappa shape index (κ2) is 17.3. The Balaban J connectivity index is 1.22. The molecule has 0 spiro atoms. The van der Waals surface area contributed by atoms with Crippen molar-refractivity contribution in [1.82, 2.24) is 0 Å². The van der Waals surface area contributed by atoms with Crippen LogP contribution >= 0.6 is 0 Å². The van der Waals surface area contributed by atoms with Crippen LogP contribution in [0.1, 0.15) is 33.4 Å². The molecule has 0 radical (unpaired) electrons. The van der Waals surface area contributed by atoms with Crippen LogP contribution in [0, 0.1) is 41.5 Å². The lowest BCUT2D eigenvalue weighted by atomic mass is 9.33. The van der Waals surface area contributed by atoms with E-state index in [-0.39, 0.29) is 6.71 Å². The molecule has 0 bridgehead atoms. The fourth-order valence-electron chi connectivity index (χ4n) is 11.5. The summed E-state index contributed by atoms with van der Waals surface area (Å²) in [4.78, 5) is 7.72. The Morgan fingerprint density at radius 3 is 1.07 bits per heavy atom. The highest BCUT2D eigenvalue weighted by Crippen LogP contribution is 2.51. The van der Waals surface area contributed by atoms with Crippen LogP contribution in [0.4, 0.5) is 51.2 Å². The van der Waals surface area contributed by atoms with Gasteiger partial charge in [0, 0.05) is 28.4 Å². The first-order valence-corrected chi connectivity index (χ1v) is 24.5. The molecule has 70 heavy (non-hydrogen) atoms. The van der Waals surface area contributed by atoms with E-state index >= 15 is 0 Å². The van der Waals surface area contributed by atoms with E-state index in [1.807, 2.05) is 0 Å². The van der Waals surface area contributed by atoms with Crippen LogP contribution in [0.15, 0.2) is 218 Å². The zero-order chi connectivity index (χ0) is 47.6. The molecule has 0 atom stereocenters. The smallest absolute Gasteiger partial charge is 0.252 e. The monoisotopic (exact) mass is 899 g/mol. The van der Waals surface area contributed by atoms with Crippen LogP contribution < -0.4 is 31.1 Å². The van der Waals surface area contributed by atoms with Gasteiger partial charge in [-0.1, -0.05) is 182 Å². The molecule has 0 amide bonds. The summed E-state index contributed by atoms with van der Waals surface area (Å²) in [5.41, 5.74) is 29.0. The minimum Gasteiger partial charge on any atom is -0.311 e. The molecule has 0 saturated heterocycles. The van der Waals surface area contributed by atoms with Crippen LogP contribution in [0.25, 0.3) is 33.4 Å². The van der Waals surface area contributed by atoms with Crippen molar-refractivity contribution in [3.63, 3.8) is 0 Å². The van der Waals surface area contributed by atoms with Crippen molar-refractivity contribution in [3.8, 4) is 33.4 Å². The summed E-state index contributed by atoms with van der Waals surface area (Å²) in [5, 5.41) is 0. The van der Waals surface area contributed by atoms with Crippen molar-refractivity contribution in [2.75, 3.05) is 14.7 Å². The van der Waals surface area contributed by atoms with Crippen molar-refractivity contribution in [3.05, 3.63) is 252 Å². The molecule has 336 valence electrons. The van der Waals surface area contributed by atoms with Gasteiger partial charge in [0.25, 0.3) is 6.71 Å². The Kier molecular flexibility index (Phi) is 10.6. The number of hydrogen-bond donors (Lipinski definition) is 0. The van der Waals surface area contributed by atoms with E-state index in [9.17, 15) is 0 Å². The zero-order valence-electron chi connectivity index (χ0n) is 40.7. The van der Waals surface area contributed by atoms with Gasteiger partial charge in [0.05, 0.1) is 22.7 Å². The maximum absolute atomic E-state index is 2.60. The Hall–Kier alpha value is -8.34. The highest BCUT2D eigenvalue weighted by Gasteiger charge is 2.45. The zero-order valence-corrected chi connectivity index (χ0v) is 40.7. The number of fused-ring (bicyclic) bond motifs is 4. The van der Waals surface area contributed by atoms with E-state index in [4.69, 9.17) is 0 Å². The van der Waals surface area contributed by atoms with E-state index in [1.165, 1.54) is 123 Å². The lowest BCUT2D eigenvalue weighted by Gasteiger charge is -2.46. The second-order valence-corrected chi connectivity index (χ2v) is 19.3. The van der Waals surface area contributed by atoms with E-state index < -0.39 is 0 Å². The second-order valence-electron chi connectivity index (χ2n) is 19.3. The first kappa shape index (κ1) is 43.0. The number of anilines is 9. The van der Waals surface area contributed by atoms with Gasteiger partial charge in [0.15, 0.2) is 0 Å². The fraction of sp³-hybridized carbons (Fsp3) is 0.0909. The number of rotatable bonds is 8. The predicted molar refractivity (Wildman–Crippen MR) is 300 cm³/mol. The van der Waals surface area contributed by atoms with Gasteiger partial charge >= 0.3 is 0 Å². The summed E-state index contributed by atoms with van der Waals surface area (Å²) in [5.74, 6) is 0. The third-order valence-corrected chi connectivity index (χ3v) is 14.7. The molecule has 4 heteroatoms. The first-order valence-electron chi connectivity index (χ1n) is 24.5. The molecule has 2 heterocycles. The van der Waals surface area contributed by atoms with Crippen LogP contribution in [0.5, 0.6) is 0 Å². The van der Waals surface area contributed by atoms with E-state index in [0.29, 0.717) is 0 Å². The number of hydrogen-bond acceptors (Lipinski definition) is 3. The van der Waals surface area contributed by atoms with Gasteiger partial charge in [-0.3, -0.25) is 0 Å². The first-order chi connectivity index (χ1) is 34.2. The van der Waals surface area contributed by atoms with Gasteiger partial charge in [-0.25, -0.2) is 0 Å². The molecule has 0 unspecified atom stereocenters. The molecule has 3 nitrogen and oxygen atoms in total. The Bertz CT molecular complexity index is 3390. The molecule has 10 aromatic carbocycles. The molecular weight excluding hydrogens is 846 g/mol. The quantitative estimate of drug-likeness (QED) is 0.141. The van der Waals surface area contributed by atoms with Gasteiger partial charge in [-0.05, 0) is 161 Å². The maximum atomic E-state index is 2.60. The minimum absolute atomic E-state index is 0.0867. The average Bonchev–Trinajstić information content (AvgIpc) is 3.39. The van der Waals surface area contributed by atoms with Crippen molar-refractivity contribution in [2.45, 2.75) is 41.5 Å². The topological polar surface area (TPSA) is 9.72 Å². The van der Waals surface area contributed by atoms with Gasteiger partial charge in [-0.2, -0.15) is 0 Å². The normalized spacial score (nSPS) is 12.3. The molecule has 0 fully saturated rings. The fourth-order valence-corrected chi connectivity index (χ4v) is 11.5. The van der Waals surface area contributed by atoms with Crippen LogP contribution in [-0.4, -0.2) is 6.71 Å². The lowest BCUT2D eigenvalue weighted by molar-refractivity contribution is 1.18. The van der Waals surface area contributed by atoms with Gasteiger partial charge in [-0.15, -0.1) is 0 Å². The maximum Gasteiger partial charge on any atom is 0.252 e. The third-order valence-electron chi connectivity index (χ3n) is 14.7. The summed E-state index contributed by atoms with van der Waals surface area (Å²) in [6.07, 6.45) is 0. The number of benzene rings is 10. The summed E-state index contributed by atoms with van der Waals surface area (Å²) in [6, 6.07) is 81.1. The van der Waals surface area contributed by atoms with Gasteiger partial charge in [0.2, 0.25) is 0 Å². The van der Waals surface area contributed by atoms with Crippen molar-refractivity contribution < 1.29 is 0 Å². The number of nitrogens with zero attached hydrogens (tertiary/aromatic N) is 3. The minimum atomic E-state index is -0.0867. The van der Waals surface area contributed by atoms with Crippen molar-refractivity contribution >= 4 is 74.3 Å². The van der Waals surface area contributed by atoms with Crippen molar-refractivity contribution in [1.29, 1.82) is 0 Å². The number of para-hydroxylation sites is 3. The van der Waals surface area contributed by atoms with Crippen LogP contribution in [-0.2, 0) is 0 Å². The predicted octanol–water partition coefficient (Wildman–Crippen LogP) is 16.1. The van der Waals surface area contributed by atoms with E-state index in [1.54, 1.807) is 0 Å². The summed E-state index contributed by atoms with van der Waals surface area (Å²) in [6.45, 7) is 13.5. The average molecular weight is 900 g/mol. The van der Waals surface area contributed by atoms with E-state index in [0.717, 1.165) is 11.4 Å². The number of aryl methyl sites for hydroxylation is 6. The molecule has 2 aliphatic rings. The summed E-state index contributed by atoms with van der Waals surface area (Å²) in [7, 11) is 0. The molecule has 0 N–H and O–H groups in total. The SMILES string of the molecule is Cc1cccc(C)c1N(c1ccc(-c2ccccc2)cc1)c1cc2c3c(c1)N(c1c(C)cccc1C)c1ccc(-c4ccccc4)cc1B3c1cc(-c3ccccc3)ccc1N2c1c(C)cccc1C. The molecule has 10 aromatic rings. The Morgan fingerprint density at radius 2 is 0.657 bits per heavy atom. The molecular formula is C66H54BN3. The lowest BCUT2D eigenvalue weighted by Crippen LogP contribution is -2.61. The molecule has 0 aromatic heterocycles. The van der Waals surface area contributed by atoms with Gasteiger partial charge in [0.1, 0.15) is 0 Å². The Labute approximate surface area is 413 Å². The van der Waals surface area contributed by atoms with Crippen LogP contribution in [0.3, 0.4) is 0 Å². The van der Waals surface area contributed by atoms with Crippen LogP contribution in [0.2, 0.25) is 0 Å². The molecule has 12 rings (SSSR count). The molecule has 2 aliphatic heterocycles.